The molecule has 2 aliphatic rings. The zero-order chi connectivity index (χ0) is 18.7. The van der Waals surface area contributed by atoms with Crippen molar-refractivity contribution in [2.75, 3.05) is 26.4 Å². The Balaban J connectivity index is 1.62. The summed E-state index contributed by atoms with van der Waals surface area (Å²) < 4.78 is 5.07. The van der Waals surface area contributed by atoms with Gasteiger partial charge in [0.2, 0.25) is 0 Å². The number of ether oxygens (including phenoxy) is 1. The van der Waals surface area contributed by atoms with E-state index >= 15 is 0 Å². The first-order valence-electron chi connectivity index (χ1n) is 9.04. The predicted molar refractivity (Wildman–Crippen MR) is 95.0 cm³/mol. The maximum absolute atomic E-state index is 12.9. The standard InChI is InChI=1S/C19H25N3O4/c1-3-26-16(23)14-9-11-21(12-10-14)13-22-17(24)19(2,20-18(22)25)15-7-5-4-6-8-15/h4-8,14H,3,9-13H2,1-2H3,(H,20,25)/t19-/m1/s1. The Kier molecular flexibility index (Phi) is 5.27. The number of likely N-dealkylation sites (tertiary alicyclic amines) is 1. The molecule has 1 aromatic rings. The summed E-state index contributed by atoms with van der Waals surface area (Å²) in [4.78, 5) is 40.4. The summed E-state index contributed by atoms with van der Waals surface area (Å²) in [5.74, 6) is -0.496. The second kappa shape index (κ2) is 7.45. The molecule has 2 saturated heterocycles. The number of benzene rings is 1. The quantitative estimate of drug-likeness (QED) is 0.639. The molecular formula is C19H25N3O4. The lowest BCUT2D eigenvalue weighted by atomic mass is 9.92. The Bertz CT molecular complexity index is 685. The van der Waals surface area contributed by atoms with Gasteiger partial charge < -0.3 is 10.1 Å². The summed E-state index contributed by atoms with van der Waals surface area (Å²) in [5.41, 5.74) is -0.274. The summed E-state index contributed by atoms with van der Waals surface area (Å²) in [6.07, 6.45) is 1.36. The van der Waals surface area contributed by atoms with Crippen LogP contribution < -0.4 is 5.32 Å². The van der Waals surface area contributed by atoms with Gasteiger partial charge in [-0.3, -0.25) is 14.5 Å². The van der Waals surface area contributed by atoms with Gasteiger partial charge in [-0.05, 0) is 32.3 Å². The highest BCUT2D eigenvalue weighted by atomic mass is 16.5. The molecular weight excluding hydrogens is 334 g/mol. The number of esters is 1. The van der Waals surface area contributed by atoms with Gasteiger partial charge in [0.25, 0.3) is 5.91 Å². The second-order valence-electron chi connectivity index (χ2n) is 6.94. The van der Waals surface area contributed by atoms with E-state index in [1.165, 1.54) is 4.90 Å². The summed E-state index contributed by atoms with van der Waals surface area (Å²) in [7, 11) is 0. The van der Waals surface area contributed by atoms with Gasteiger partial charge >= 0.3 is 12.0 Å². The molecule has 0 unspecified atom stereocenters. The van der Waals surface area contributed by atoms with Gasteiger partial charge in [0.1, 0.15) is 5.54 Å². The Hall–Kier alpha value is -2.41. The molecule has 3 amide bonds. The van der Waals surface area contributed by atoms with Crippen LogP contribution in [0, 0.1) is 5.92 Å². The van der Waals surface area contributed by atoms with E-state index in [0.29, 0.717) is 32.5 Å². The molecule has 1 atom stereocenters. The van der Waals surface area contributed by atoms with Crippen LogP contribution in [-0.4, -0.2) is 54.1 Å². The van der Waals surface area contributed by atoms with E-state index < -0.39 is 5.54 Å². The average molecular weight is 359 g/mol. The fraction of sp³-hybridized carbons (Fsp3) is 0.526. The molecule has 0 bridgehead atoms. The number of urea groups is 1. The van der Waals surface area contributed by atoms with Crippen molar-refractivity contribution in [1.29, 1.82) is 0 Å². The van der Waals surface area contributed by atoms with Crippen LogP contribution in [0.2, 0.25) is 0 Å². The summed E-state index contributed by atoms with van der Waals surface area (Å²) in [6.45, 7) is 5.47. The van der Waals surface area contributed by atoms with Crippen molar-refractivity contribution in [2.45, 2.75) is 32.2 Å². The minimum Gasteiger partial charge on any atom is -0.466 e. The highest BCUT2D eigenvalue weighted by Crippen LogP contribution is 2.29. The number of hydrogen-bond donors (Lipinski definition) is 1. The van der Waals surface area contributed by atoms with Crippen LogP contribution in [0.25, 0.3) is 0 Å². The Morgan fingerprint density at radius 1 is 1.23 bits per heavy atom. The Morgan fingerprint density at radius 3 is 2.50 bits per heavy atom. The minimum absolute atomic E-state index is 0.0936. The second-order valence-corrected chi connectivity index (χ2v) is 6.94. The van der Waals surface area contributed by atoms with Crippen LogP contribution in [-0.2, 0) is 19.9 Å². The van der Waals surface area contributed by atoms with E-state index in [1.807, 2.05) is 35.2 Å². The number of carbonyl (C=O) groups is 3. The van der Waals surface area contributed by atoms with Crippen LogP contribution in [0.3, 0.4) is 0 Å². The van der Waals surface area contributed by atoms with Gasteiger partial charge in [0.05, 0.1) is 19.2 Å². The fourth-order valence-electron chi connectivity index (χ4n) is 3.56. The van der Waals surface area contributed by atoms with Gasteiger partial charge in [-0.15, -0.1) is 0 Å². The normalized spacial score (nSPS) is 24.6. The molecule has 3 rings (SSSR count). The molecule has 2 fully saturated rings. The lowest BCUT2D eigenvalue weighted by molar-refractivity contribution is -0.150. The van der Waals surface area contributed by atoms with Crippen LogP contribution >= 0.6 is 0 Å². The van der Waals surface area contributed by atoms with Crippen LogP contribution in [0.15, 0.2) is 30.3 Å². The van der Waals surface area contributed by atoms with E-state index in [1.54, 1.807) is 13.8 Å². The SMILES string of the molecule is CCOC(=O)C1CCN(CN2C(=O)N[C@](C)(c3ccccc3)C2=O)CC1. The third kappa shape index (κ3) is 3.44. The first kappa shape index (κ1) is 18.4. The Labute approximate surface area is 153 Å². The molecule has 26 heavy (non-hydrogen) atoms. The Morgan fingerprint density at radius 2 is 1.88 bits per heavy atom. The molecule has 1 aromatic carbocycles. The van der Waals surface area contributed by atoms with Crippen molar-refractivity contribution < 1.29 is 19.1 Å². The van der Waals surface area contributed by atoms with Gasteiger partial charge in [0, 0.05) is 13.1 Å². The maximum atomic E-state index is 12.9. The van der Waals surface area contributed by atoms with Gasteiger partial charge in [-0.1, -0.05) is 30.3 Å². The molecule has 0 saturated carbocycles. The van der Waals surface area contributed by atoms with Crippen molar-refractivity contribution in [1.82, 2.24) is 15.1 Å². The van der Waals surface area contributed by atoms with E-state index in [4.69, 9.17) is 4.74 Å². The summed E-state index contributed by atoms with van der Waals surface area (Å²) >= 11 is 0. The number of imide groups is 1. The predicted octanol–water partition coefficient (Wildman–Crippen LogP) is 1.69. The first-order valence-corrected chi connectivity index (χ1v) is 9.04. The zero-order valence-electron chi connectivity index (χ0n) is 15.2. The lowest BCUT2D eigenvalue weighted by Gasteiger charge is -2.32. The van der Waals surface area contributed by atoms with Crippen molar-refractivity contribution in [3.63, 3.8) is 0 Å². The molecule has 1 N–H and O–H groups in total. The third-order valence-corrected chi connectivity index (χ3v) is 5.18. The van der Waals surface area contributed by atoms with E-state index in [2.05, 4.69) is 5.32 Å². The molecule has 7 heteroatoms. The van der Waals surface area contributed by atoms with Crippen molar-refractivity contribution in [2.24, 2.45) is 5.92 Å². The zero-order valence-corrected chi connectivity index (χ0v) is 15.2. The molecule has 7 nitrogen and oxygen atoms in total. The van der Waals surface area contributed by atoms with Crippen molar-refractivity contribution >= 4 is 17.9 Å². The number of carbonyl (C=O) groups excluding carboxylic acids is 3. The van der Waals surface area contributed by atoms with Crippen LogP contribution in [0.1, 0.15) is 32.3 Å². The number of rotatable bonds is 5. The minimum atomic E-state index is -1.04. The highest BCUT2D eigenvalue weighted by Gasteiger charge is 2.49. The topological polar surface area (TPSA) is 79.0 Å². The number of nitrogens with zero attached hydrogens (tertiary/aromatic N) is 2. The van der Waals surface area contributed by atoms with E-state index in [-0.39, 0.29) is 30.5 Å². The highest BCUT2D eigenvalue weighted by molar-refractivity contribution is 6.07. The number of amides is 3. The third-order valence-electron chi connectivity index (χ3n) is 5.18. The number of piperidine rings is 1. The van der Waals surface area contributed by atoms with Gasteiger partial charge in [-0.2, -0.15) is 0 Å². The van der Waals surface area contributed by atoms with Crippen molar-refractivity contribution in [3.8, 4) is 0 Å². The average Bonchev–Trinajstić information content (AvgIpc) is 2.87. The number of hydrogen-bond acceptors (Lipinski definition) is 5. The monoisotopic (exact) mass is 359 g/mol. The first-order chi connectivity index (χ1) is 12.5. The molecule has 2 aliphatic heterocycles. The molecule has 2 heterocycles. The molecule has 0 spiro atoms. The van der Waals surface area contributed by atoms with Crippen LogP contribution in [0.4, 0.5) is 4.79 Å². The lowest BCUT2D eigenvalue weighted by Crippen LogP contribution is -2.46. The van der Waals surface area contributed by atoms with Crippen molar-refractivity contribution in [3.05, 3.63) is 35.9 Å². The smallest absolute Gasteiger partial charge is 0.326 e. The maximum Gasteiger partial charge on any atom is 0.326 e. The van der Waals surface area contributed by atoms with E-state index in [9.17, 15) is 14.4 Å². The largest absolute Gasteiger partial charge is 0.466 e. The summed E-state index contributed by atoms with van der Waals surface area (Å²) in [5, 5.41) is 2.82. The van der Waals surface area contributed by atoms with Crippen LogP contribution in [0.5, 0.6) is 0 Å². The number of nitrogens with one attached hydrogen (secondary N) is 1. The van der Waals surface area contributed by atoms with Gasteiger partial charge in [-0.25, -0.2) is 9.69 Å². The van der Waals surface area contributed by atoms with E-state index in [0.717, 1.165) is 5.56 Å². The molecule has 140 valence electrons. The van der Waals surface area contributed by atoms with Gasteiger partial charge in [0.15, 0.2) is 0 Å². The fourth-order valence-corrected chi connectivity index (χ4v) is 3.56. The molecule has 0 radical (unpaired) electrons. The molecule has 0 aliphatic carbocycles. The summed E-state index contributed by atoms with van der Waals surface area (Å²) in [6, 6.07) is 8.87. The molecule has 0 aromatic heterocycles.